The van der Waals surface area contributed by atoms with Crippen LogP contribution >= 0.6 is 0 Å². The van der Waals surface area contributed by atoms with Crippen LogP contribution < -0.4 is 5.73 Å². The summed E-state index contributed by atoms with van der Waals surface area (Å²) in [5.74, 6) is 2.07. The van der Waals surface area contributed by atoms with Crippen LogP contribution in [0.3, 0.4) is 0 Å². The second-order valence-electron chi connectivity index (χ2n) is 6.25. The molecule has 0 spiro atoms. The van der Waals surface area contributed by atoms with Gasteiger partial charge >= 0.3 is 0 Å². The number of nitrogens with zero attached hydrogens (tertiary/aromatic N) is 1. The summed E-state index contributed by atoms with van der Waals surface area (Å²) in [5, 5.41) is 0. The highest BCUT2D eigenvalue weighted by Crippen LogP contribution is 2.30. The molecule has 1 aliphatic heterocycles. The molecule has 18 heavy (non-hydrogen) atoms. The van der Waals surface area contributed by atoms with Gasteiger partial charge in [0.1, 0.15) is 0 Å². The van der Waals surface area contributed by atoms with E-state index in [1.54, 1.807) is 0 Å². The summed E-state index contributed by atoms with van der Waals surface area (Å²) >= 11 is 0. The van der Waals surface area contributed by atoms with Gasteiger partial charge in [0.05, 0.1) is 5.92 Å². The maximum Gasteiger partial charge on any atom is 0.227 e. The average Bonchev–Trinajstić information content (AvgIpc) is 2.83. The zero-order valence-electron chi connectivity index (χ0n) is 11.9. The highest BCUT2D eigenvalue weighted by atomic mass is 16.2. The van der Waals surface area contributed by atoms with Crippen LogP contribution in [0.2, 0.25) is 0 Å². The van der Waals surface area contributed by atoms with Crippen molar-refractivity contribution < 1.29 is 4.79 Å². The third kappa shape index (κ3) is 2.87. The minimum atomic E-state index is 0.116. The van der Waals surface area contributed by atoms with E-state index in [1.807, 2.05) is 0 Å². The molecule has 2 rings (SSSR count). The van der Waals surface area contributed by atoms with Gasteiger partial charge in [-0.05, 0) is 37.5 Å². The van der Waals surface area contributed by atoms with E-state index in [-0.39, 0.29) is 12.0 Å². The van der Waals surface area contributed by atoms with Crippen molar-refractivity contribution in [3.05, 3.63) is 0 Å². The van der Waals surface area contributed by atoms with Gasteiger partial charge in [-0.1, -0.05) is 26.7 Å². The first kappa shape index (κ1) is 13.9. The maximum atomic E-state index is 12.4. The molecule has 3 heteroatoms. The standard InChI is InChI=1S/C15H28N2O/c1-3-11(2)12-7-9-17(10-8-12)15(18)13-5-4-6-14(13)16/h11-14H,3-10,16H2,1-2H3/t11-,13+,14-/m0/s1. The Kier molecular flexibility index (Phi) is 4.66. The van der Waals surface area contributed by atoms with E-state index < -0.39 is 0 Å². The van der Waals surface area contributed by atoms with E-state index >= 15 is 0 Å². The molecule has 0 aromatic rings. The Labute approximate surface area is 111 Å². The second kappa shape index (κ2) is 6.05. The lowest BCUT2D eigenvalue weighted by molar-refractivity contribution is -0.137. The number of hydrogen-bond acceptors (Lipinski definition) is 2. The van der Waals surface area contributed by atoms with Gasteiger partial charge in [-0.2, -0.15) is 0 Å². The van der Waals surface area contributed by atoms with Crippen molar-refractivity contribution >= 4 is 5.91 Å². The van der Waals surface area contributed by atoms with Crippen molar-refractivity contribution in [2.24, 2.45) is 23.5 Å². The second-order valence-corrected chi connectivity index (χ2v) is 6.25. The summed E-state index contributed by atoms with van der Waals surface area (Å²) in [5.41, 5.74) is 6.04. The molecular formula is C15H28N2O. The molecule has 0 radical (unpaired) electrons. The van der Waals surface area contributed by atoms with Crippen molar-refractivity contribution in [2.75, 3.05) is 13.1 Å². The molecule has 3 atom stereocenters. The predicted octanol–water partition coefficient (Wildman–Crippen LogP) is 2.40. The van der Waals surface area contributed by atoms with E-state index in [0.717, 1.165) is 44.2 Å². The molecular weight excluding hydrogens is 224 g/mol. The Morgan fingerprint density at radius 1 is 1.28 bits per heavy atom. The number of carbonyl (C=O) groups excluding carboxylic acids is 1. The van der Waals surface area contributed by atoms with Gasteiger partial charge in [0.2, 0.25) is 5.91 Å². The van der Waals surface area contributed by atoms with Gasteiger partial charge in [-0.3, -0.25) is 4.79 Å². The lowest BCUT2D eigenvalue weighted by atomic mass is 9.83. The van der Waals surface area contributed by atoms with Crippen LogP contribution in [0.4, 0.5) is 0 Å². The molecule has 1 saturated heterocycles. The van der Waals surface area contributed by atoms with Crippen molar-refractivity contribution in [1.29, 1.82) is 0 Å². The fraction of sp³-hybridized carbons (Fsp3) is 0.933. The van der Waals surface area contributed by atoms with Crippen LogP contribution in [-0.2, 0) is 4.79 Å². The Morgan fingerprint density at radius 3 is 2.44 bits per heavy atom. The fourth-order valence-electron chi connectivity index (χ4n) is 3.55. The van der Waals surface area contributed by atoms with Crippen LogP contribution in [0.1, 0.15) is 52.4 Å². The summed E-state index contributed by atoms with van der Waals surface area (Å²) in [6.45, 7) is 6.52. The van der Waals surface area contributed by atoms with E-state index in [0.29, 0.717) is 5.91 Å². The molecule has 0 aromatic heterocycles. The summed E-state index contributed by atoms with van der Waals surface area (Å²) in [6, 6.07) is 0.116. The molecule has 2 aliphatic rings. The third-order valence-electron chi connectivity index (χ3n) is 5.19. The zero-order valence-corrected chi connectivity index (χ0v) is 11.9. The number of amides is 1. The van der Waals surface area contributed by atoms with Gasteiger partial charge in [0, 0.05) is 19.1 Å². The number of carbonyl (C=O) groups is 1. The van der Waals surface area contributed by atoms with Crippen LogP contribution in [0.5, 0.6) is 0 Å². The van der Waals surface area contributed by atoms with Gasteiger partial charge in [-0.15, -0.1) is 0 Å². The quantitative estimate of drug-likeness (QED) is 0.838. The topological polar surface area (TPSA) is 46.3 Å². The van der Waals surface area contributed by atoms with Crippen molar-refractivity contribution in [3.8, 4) is 0 Å². The monoisotopic (exact) mass is 252 g/mol. The molecule has 0 unspecified atom stereocenters. The number of piperidine rings is 1. The SMILES string of the molecule is CC[C@H](C)C1CCN(C(=O)[C@@H]2CCC[C@@H]2N)CC1. The van der Waals surface area contributed by atoms with Gasteiger partial charge in [0.25, 0.3) is 0 Å². The molecule has 1 aliphatic carbocycles. The lowest BCUT2D eigenvalue weighted by Crippen LogP contribution is -2.45. The van der Waals surface area contributed by atoms with Crippen molar-refractivity contribution in [1.82, 2.24) is 4.90 Å². The van der Waals surface area contributed by atoms with Crippen LogP contribution in [-0.4, -0.2) is 29.9 Å². The van der Waals surface area contributed by atoms with Crippen molar-refractivity contribution in [3.63, 3.8) is 0 Å². The predicted molar refractivity (Wildman–Crippen MR) is 74.1 cm³/mol. The van der Waals surface area contributed by atoms with E-state index in [2.05, 4.69) is 18.7 Å². The first-order valence-electron chi connectivity index (χ1n) is 7.67. The van der Waals surface area contributed by atoms with E-state index in [4.69, 9.17) is 5.73 Å². The Bertz CT molecular complexity index is 284. The summed E-state index contributed by atoms with van der Waals surface area (Å²) in [6.07, 6.45) is 6.78. The molecule has 1 heterocycles. The highest BCUT2D eigenvalue weighted by molar-refractivity contribution is 5.80. The largest absolute Gasteiger partial charge is 0.342 e. The molecule has 104 valence electrons. The van der Waals surface area contributed by atoms with E-state index in [9.17, 15) is 4.79 Å². The molecule has 1 saturated carbocycles. The number of nitrogens with two attached hydrogens (primary N) is 1. The van der Waals surface area contributed by atoms with Crippen LogP contribution in [0, 0.1) is 17.8 Å². The number of hydrogen-bond donors (Lipinski definition) is 1. The lowest BCUT2D eigenvalue weighted by Gasteiger charge is -2.36. The van der Waals surface area contributed by atoms with E-state index in [1.165, 1.54) is 19.3 Å². The fourth-order valence-corrected chi connectivity index (χ4v) is 3.55. The normalized spacial score (nSPS) is 31.6. The molecule has 2 fully saturated rings. The van der Waals surface area contributed by atoms with Gasteiger partial charge in [0.15, 0.2) is 0 Å². The minimum Gasteiger partial charge on any atom is -0.342 e. The van der Waals surface area contributed by atoms with Gasteiger partial charge < -0.3 is 10.6 Å². The summed E-state index contributed by atoms with van der Waals surface area (Å²) in [4.78, 5) is 14.5. The molecule has 1 amide bonds. The average molecular weight is 252 g/mol. The smallest absolute Gasteiger partial charge is 0.227 e. The molecule has 0 aromatic carbocycles. The van der Waals surface area contributed by atoms with Crippen molar-refractivity contribution in [2.45, 2.75) is 58.4 Å². The number of rotatable bonds is 3. The Morgan fingerprint density at radius 2 is 1.94 bits per heavy atom. The van der Waals surface area contributed by atoms with Gasteiger partial charge in [-0.25, -0.2) is 0 Å². The third-order valence-corrected chi connectivity index (χ3v) is 5.19. The molecule has 2 N–H and O–H groups in total. The summed E-state index contributed by atoms with van der Waals surface area (Å²) in [7, 11) is 0. The highest BCUT2D eigenvalue weighted by Gasteiger charge is 2.35. The molecule has 3 nitrogen and oxygen atoms in total. The first-order chi connectivity index (χ1) is 8.63. The first-order valence-corrected chi connectivity index (χ1v) is 7.67. The Balaban J connectivity index is 1.84. The molecule has 0 bridgehead atoms. The minimum absolute atomic E-state index is 0.116. The van der Waals surface area contributed by atoms with Crippen LogP contribution in [0.25, 0.3) is 0 Å². The number of likely N-dealkylation sites (tertiary alicyclic amines) is 1. The maximum absolute atomic E-state index is 12.4. The summed E-state index contributed by atoms with van der Waals surface area (Å²) < 4.78 is 0. The Hall–Kier alpha value is -0.570. The van der Waals surface area contributed by atoms with Crippen LogP contribution in [0.15, 0.2) is 0 Å². The zero-order chi connectivity index (χ0) is 13.1.